The van der Waals surface area contributed by atoms with Gasteiger partial charge in [-0.05, 0) is 30.3 Å². The molecule has 2 aromatic rings. The molecule has 1 N–H and O–H groups in total. The Labute approximate surface area is 163 Å². The van der Waals surface area contributed by atoms with Crippen LogP contribution in [0.5, 0.6) is 0 Å². The van der Waals surface area contributed by atoms with Crippen molar-refractivity contribution in [2.24, 2.45) is 0 Å². The Balaban J connectivity index is 1.78. The summed E-state index contributed by atoms with van der Waals surface area (Å²) in [5, 5.41) is 11.8. The fourth-order valence-corrected chi connectivity index (χ4v) is 3.11. The molecule has 0 fully saturated rings. The number of Topliss-reactive ketones (excluding diaryl/α,β-unsaturated/α-hetero) is 1. The van der Waals surface area contributed by atoms with Crippen molar-refractivity contribution in [3.05, 3.63) is 50.1 Å². The fraction of sp³-hybridized carbons (Fsp3) is 0.176. The van der Waals surface area contributed by atoms with Crippen molar-refractivity contribution in [2.45, 2.75) is 12.8 Å². The number of ketones is 1. The number of ether oxygens (including phenoxy) is 1. The van der Waals surface area contributed by atoms with Crippen LogP contribution in [0.4, 0.5) is 5.69 Å². The molecule has 1 aromatic carbocycles. The summed E-state index contributed by atoms with van der Waals surface area (Å²) in [5.74, 6) is -1.52. The second-order valence-corrected chi connectivity index (χ2v) is 7.19. The van der Waals surface area contributed by atoms with E-state index in [1.165, 1.54) is 18.2 Å². The van der Waals surface area contributed by atoms with Gasteiger partial charge in [-0.2, -0.15) is 5.26 Å². The lowest BCUT2D eigenvalue weighted by Gasteiger charge is -2.08. The number of halogens is 2. The van der Waals surface area contributed by atoms with Crippen LogP contribution in [-0.4, -0.2) is 24.3 Å². The molecule has 0 aliphatic carbocycles. The normalized spacial score (nSPS) is 10.0. The maximum Gasteiger partial charge on any atom is 0.306 e. The quantitative estimate of drug-likeness (QED) is 0.547. The van der Waals surface area contributed by atoms with E-state index in [1.54, 1.807) is 12.1 Å². The maximum absolute atomic E-state index is 11.9. The van der Waals surface area contributed by atoms with Gasteiger partial charge in [0.25, 0.3) is 5.91 Å². The van der Waals surface area contributed by atoms with E-state index < -0.39 is 18.5 Å². The zero-order valence-corrected chi connectivity index (χ0v) is 15.6. The van der Waals surface area contributed by atoms with Gasteiger partial charge in [0.2, 0.25) is 0 Å². The number of esters is 1. The van der Waals surface area contributed by atoms with Crippen molar-refractivity contribution < 1.29 is 19.1 Å². The zero-order valence-electron chi connectivity index (χ0n) is 13.3. The predicted molar refractivity (Wildman–Crippen MR) is 98.6 cm³/mol. The van der Waals surface area contributed by atoms with Gasteiger partial charge < -0.3 is 10.1 Å². The third-order valence-electron chi connectivity index (χ3n) is 3.14. The molecule has 9 heteroatoms. The Morgan fingerprint density at radius 3 is 2.58 bits per heavy atom. The molecule has 0 bridgehead atoms. The molecule has 0 radical (unpaired) electrons. The van der Waals surface area contributed by atoms with Crippen LogP contribution >= 0.6 is 34.5 Å². The number of carbonyl (C=O) groups is 3. The van der Waals surface area contributed by atoms with Gasteiger partial charge in [0.05, 0.1) is 26.9 Å². The Bertz CT molecular complexity index is 889. The first-order valence-corrected chi connectivity index (χ1v) is 8.90. The molecule has 0 unspecified atom stereocenters. The van der Waals surface area contributed by atoms with E-state index in [4.69, 9.17) is 33.2 Å². The lowest BCUT2D eigenvalue weighted by Crippen LogP contribution is -2.21. The third-order valence-corrected chi connectivity index (χ3v) is 4.65. The zero-order chi connectivity index (χ0) is 19.1. The average molecular weight is 411 g/mol. The standard InChI is InChI=1S/C17H12Cl2N2O4S/c18-11-2-1-10(8-20)12(7-11)21-16(23)9-25-17(24)6-3-13(22)14-4-5-15(19)26-14/h1-2,4-5,7H,3,6,9H2,(H,21,23). The van der Waals surface area contributed by atoms with Crippen molar-refractivity contribution in [3.8, 4) is 6.07 Å². The molecule has 0 saturated heterocycles. The summed E-state index contributed by atoms with van der Waals surface area (Å²) < 4.78 is 5.32. The Morgan fingerprint density at radius 2 is 1.92 bits per heavy atom. The molecule has 0 saturated carbocycles. The van der Waals surface area contributed by atoms with Gasteiger partial charge in [0, 0.05) is 11.4 Å². The molecule has 0 aliphatic rings. The molecule has 26 heavy (non-hydrogen) atoms. The van der Waals surface area contributed by atoms with Crippen LogP contribution in [0.2, 0.25) is 9.36 Å². The van der Waals surface area contributed by atoms with Gasteiger partial charge in [-0.15, -0.1) is 11.3 Å². The molecule has 1 amide bonds. The van der Waals surface area contributed by atoms with Crippen LogP contribution in [0, 0.1) is 11.3 Å². The number of anilines is 1. The minimum Gasteiger partial charge on any atom is -0.456 e. The summed E-state index contributed by atoms with van der Waals surface area (Å²) >= 11 is 12.7. The van der Waals surface area contributed by atoms with Crippen molar-refractivity contribution in [3.63, 3.8) is 0 Å². The van der Waals surface area contributed by atoms with Gasteiger partial charge >= 0.3 is 5.97 Å². The number of carbonyl (C=O) groups excluding carboxylic acids is 3. The molecule has 6 nitrogen and oxygen atoms in total. The highest BCUT2D eigenvalue weighted by Crippen LogP contribution is 2.23. The van der Waals surface area contributed by atoms with E-state index in [2.05, 4.69) is 5.32 Å². The number of nitrogens with zero attached hydrogens (tertiary/aromatic N) is 1. The highest BCUT2D eigenvalue weighted by atomic mass is 35.5. The molecule has 0 atom stereocenters. The molecular formula is C17H12Cl2N2O4S. The highest BCUT2D eigenvalue weighted by Gasteiger charge is 2.14. The Kier molecular flexibility index (Phi) is 7.16. The molecular weight excluding hydrogens is 399 g/mol. The van der Waals surface area contributed by atoms with Crippen LogP contribution < -0.4 is 5.32 Å². The second-order valence-electron chi connectivity index (χ2n) is 5.04. The monoisotopic (exact) mass is 410 g/mol. The number of hydrogen-bond acceptors (Lipinski definition) is 6. The molecule has 2 rings (SSSR count). The summed E-state index contributed by atoms with van der Waals surface area (Å²) in [5.41, 5.74) is 0.458. The van der Waals surface area contributed by atoms with Crippen LogP contribution in [0.15, 0.2) is 30.3 Å². The van der Waals surface area contributed by atoms with Crippen molar-refractivity contribution in [1.29, 1.82) is 5.26 Å². The summed E-state index contributed by atoms with van der Waals surface area (Å²) in [7, 11) is 0. The van der Waals surface area contributed by atoms with Gasteiger partial charge in [0.15, 0.2) is 12.4 Å². The number of hydrogen-bond donors (Lipinski definition) is 1. The van der Waals surface area contributed by atoms with Gasteiger partial charge in [-0.25, -0.2) is 0 Å². The summed E-state index contributed by atoms with van der Waals surface area (Å²) in [4.78, 5) is 35.8. The number of benzene rings is 1. The molecule has 0 aliphatic heterocycles. The van der Waals surface area contributed by atoms with Crippen LogP contribution in [0.3, 0.4) is 0 Å². The Hall–Kier alpha value is -2.40. The molecule has 134 valence electrons. The van der Waals surface area contributed by atoms with E-state index in [0.717, 1.165) is 11.3 Å². The van der Waals surface area contributed by atoms with E-state index in [9.17, 15) is 14.4 Å². The first-order chi connectivity index (χ1) is 12.4. The van der Waals surface area contributed by atoms with E-state index in [1.807, 2.05) is 6.07 Å². The van der Waals surface area contributed by atoms with Gasteiger partial charge in [0.1, 0.15) is 6.07 Å². The lowest BCUT2D eigenvalue weighted by atomic mass is 10.2. The van der Waals surface area contributed by atoms with E-state index in [0.29, 0.717) is 14.2 Å². The SMILES string of the molecule is N#Cc1ccc(Cl)cc1NC(=O)COC(=O)CCC(=O)c1ccc(Cl)s1. The Morgan fingerprint density at radius 1 is 1.15 bits per heavy atom. The van der Waals surface area contributed by atoms with Crippen molar-refractivity contribution >= 4 is 57.9 Å². The van der Waals surface area contributed by atoms with Crippen molar-refractivity contribution in [2.75, 3.05) is 11.9 Å². The van der Waals surface area contributed by atoms with Crippen LogP contribution in [0.25, 0.3) is 0 Å². The number of nitrogens with one attached hydrogen (secondary N) is 1. The second kappa shape index (κ2) is 9.34. The number of thiophene rings is 1. The first kappa shape index (κ1) is 19.9. The smallest absolute Gasteiger partial charge is 0.306 e. The maximum atomic E-state index is 11.9. The lowest BCUT2D eigenvalue weighted by molar-refractivity contribution is -0.147. The van der Waals surface area contributed by atoms with Gasteiger partial charge in [-0.1, -0.05) is 23.2 Å². The van der Waals surface area contributed by atoms with Crippen molar-refractivity contribution in [1.82, 2.24) is 0 Å². The number of rotatable bonds is 7. The summed E-state index contributed by atoms with van der Waals surface area (Å²) in [6.07, 6.45) is -0.188. The van der Waals surface area contributed by atoms with Gasteiger partial charge in [-0.3, -0.25) is 14.4 Å². The summed E-state index contributed by atoms with van der Waals surface area (Å²) in [6, 6.07) is 9.52. The number of amides is 1. The third kappa shape index (κ3) is 5.85. The summed E-state index contributed by atoms with van der Waals surface area (Å²) in [6.45, 7) is -0.533. The fourth-order valence-electron chi connectivity index (χ4n) is 1.92. The molecule has 0 spiro atoms. The van der Waals surface area contributed by atoms with E-state index in [-0.39, 0.29) is 29.9 Å². The minimum atomic E-state index is -0.678. The molecule has 1 aromatic heterocycles. The highest BCUT2D eigenvalue weighted by molar-refractivity contribution is 7.18. The van der Waals surface area contributed by atoms with E-state index >= 15 is 0 Å². The predicted octanol–water partition coefficient (Wildman–Crippen LogP) is 4.07. The average Bonchev–Trinajstić information content (AvgIpc) is 3.04. The van der Waals surface area contributed by atoms with Crippen LogP contribution in [-0.2, 0) is 14.3 Å². The minimum absolute atomic E-state index is 0.0375. The molecule has 1 heterocycles. The largest absolute Gasteiger partial charge is 0.456 e. The number of nitriles is 1. The first-order valence-electron chi connectivity index (χ1n) is 7.32. The topological polar surface area (TPSA) is 96.3 Å². The van der Waals surface area contributed by atoms with Crippen LogP contribution in [0.1, 0.15) is 28.1 Å².